The fourth-order valence-corrected chi connectivity index (χ4v) is 1.48. The van der Waals surface area contributed by atoms with Gasteiger partial charge in [-0.2, -0.15) is 0 Å². The van der Waals surface area contributed by atoms with Crippen LogP contribution in [0.4, 0.5) is 5.82 Å². The van der Waals surface area contributed by atoms with E-state index in [-0.39, 0.29) is 5.91 Å². The molecule has 0 fully saturated rings. The number of carbonyl (C=O) groups excluding carboxylic acids is 1. The molecule has 6 heteroatoms. The summed E-state index contributed by atoms with van der Waals surface area (Å²) in [6.45, 7) is 6.78. The van der Waals surface area contributed by atoms with Gasteiger partial charge in [0, 0.05) is 19.7 Å². The lowest BCUT2D eigenvalue weighted by Gasteiger charge is -2.06. The van der Waals surface area contributed by atoms with Crippen molar-refractivity contribution in [1.82, 2.24) is 15.5 Å². The van der Waals surface area contributed by atoms with Crippen LogP contribution in [0.15, 0.2) is 12.1 Å². The largest absolute Gasteiger partial charge is 0.380 e. The van der Waals surface area contributed by atoms with Crippen molar-refractivity contribution in [2.75, 3.05) is 31.6 Å². The molecule has 0 aliphatic rings. The number of rotatable bonds is 10. The van der Waals surface area contributed by atoms with Crippen molar-refractivity contribution in [2.45, 2.75) is 33.1 Å². The van der Waals surface area contributed by atoms with E-state index in [9.17, 15) is 4.79 Å². The van der Waals surface area contributed by atoms with Gasteiger partial charge in [-0.15, -0.1) is 10.2 Å². The fourth-order valence-electron chi connectivity index (χ4n) is 1.48. The Hall–Kier alpha value is -1.69. The molecular weight excluding hydrogens is 256 g/mol. The number of amides is 1. The highest BCUT2D eigenvalue weighted by Gasteiger charge is 2.07. The molecule has 1 aromatic heterocycles. The molecule has 0 radical (unpaired) electrons. The summed E-state index contributed by atoms with van der Waals surface area (Å²) in [5, 5.41) is 13.7. The lowest BCUT2D eigenvalue weighted by Crippen LogP contribution is -2.28. The summed E-state index contributed by atoms with van der Waals surface area (Å²) in [4.78, 5) is 11.8. The Morgan fingerprint density at radius 1 is 1.15 bits per heavy atom. The van der Waals surface area contributed by atoms with Crippen LogP contribution in [-0.2, 0) is 4.74 Å². The first-order valence-corrected chi connectivity index (χ1v) is 7.21. The highest BCUT2D eigenvalue weighted by Crippen LogP contribution is 2.01. The number of hydrogen-bond acceptors (Lipinski definition) is 5. The van der Waals surface area contributed by atoms with Gasteiger partial charge in [-0.1, -0.05) is 20.3 Å². The molecule has 0 aliphatic carbocycles. The van der Waals surface area contributed by atoms with E-state index >= 15 is 0 Å². The fraction of sp³-hybridized carbons (Fsp3) is 0.643. The SMILES string of the molecule is CCCCOCCNC(=O)c1ccc(NCCC)nn1. The number of anilines is 1. The first kappa shape index (κ1) is 16.4. The van der Waals surface area contributed by atoms with Crippen molar-refractivity contribution < 1.29 is 9.53 Å². The van der Waals surface area contributed by atoms with Gasteiger partial charge in [-0.3, -0.25) is 4.79 Å². The number of ether oxygens (including phenoxy) is 1. The molecule has 0 saturated heterocycles. The Morgan fingerprint density at radius 3 is 2.65 bits per heavy atom. The molecule has 1 aromatic rings. The van der Waals surface area contributed by atoms with Crippen LogP contribution < -0.4 is 10.6 Å². The summed E-state index contributed by atoms with van der Waals surface area (Å²) >= 11 is 0. The standard InChI is InChI=1S/C14H24N4O2/c1-3-5-10-20-11-9-16-14(19)12-6-7-13(18-17-12)15-8-4-2/h6-7H,3-5,8-11H2,1-2H3,(H,15,18)(H,16,19). The second-order valence-corrected chi connectivity index (χ2v) is 4.45. The maximum absolute atomic E-state index is 11.8. The third-order valence-corrected chi connectivity index (χ3v) is 2.63. The van der Waals surface area contributed by atoms with Crippen molar-refractivity contribution in [3.8, 4) is 0 Å². The van der Waals surface area contributed by atoms with E-state index in [0.717, 1.165) is 32.4 Å². The van der Waals surface area contributed by atoms with Gasteiger partial charge in [-0.05, 0) is 25.0 Å². The quantitative estimate of drug-likeness (QED) is 0.640. The van der Waals surface area contributed by atoms with Gasteiger partial charge in [0.25, 0.3) is 5.91 Å². The van der Waals surface area contributed by atoms with Crippen LogP contribution in [0.1, 0.15) is 43.6 Å². The predicted octanol–water partition coefficient (Wildman–Crippen LogP) is 1.84. The molecule has 0 bridgehead atoms. The molecule has 0 unspecified atom stereocenters. The molecule has 0 aromatic carbocycles. The molecule has 1 rings (SSSR count). The van der Waals surface area contributed by atoms with Crippen LogP contribution in [0.2, 0.25) is 0 Å². The minimum atomic E-state index is -0.223. The van der Waals surface area contributed by atoms with E-state index in [4.69, 9.17) is 4.74 Å². The number of carbonyl (C=O) groups is 1. The van der Waals surface area contributed by atoms with Crippen LogP contribution in [0.5, 0.6) is 0 Å². The number of nitrogens with zero attached hydrogens (tertiary/aromatic N) is 2. The van der Waals surface area contributed by atoms with E-state index in [0.29, 0.717) is 24.7 Å². The first-order valence-electron chi connectivity index (χ1n) is 7.21. The Balaban J connectivity index is 2.25. The topological polar surface area (TPSA) is 76.1 Å². The molecule has 20 heavy (non-hydrogen) atoms. The number of aromatic nitrogens is 2. The van der Waals surface area contributed by atoms with Crippen LogP contribution in [-0.4, -0.2) is 42.4 Å². The zero-order valence-electron chi connectivity index (χ0n) is 12.3. The molecular formula is C14H24N4O2. The Kier molecular flexibility index (Phi) is 8.30. The zero-order valence-corrected chi connectivity index (χ0v) is 12.3. The number of unbranched alkanes of at least 4 members (excludes halogenated alkanes) is 1. The summed E-state index contributed by atoms with van der Waals surface area (Å²) in [5.74, 6) is 0.463. The normalized spacial score (nSPS) is 10.3. The summed E-state index contributed by atoms with van der Waals surface area (Å²) in [6.07, 6.45) is 3.17. The van der Waals surface area contributed by atoms with Crippen LogP contribution in [0.3, 0.4) is 0 Å². The van der Waals surface area contributed by atoms with Gasteiger partial charge in [0.15, 0.2) is 5.69 Å². The zero-order chi connectivity index (χ0) is 14.6. The lowest BCUT2D eigenvalue weighted by atomic mass is 10.3. The molecule has 2 N–H and O–H groups in total. The van der Waals surface area contributed by atoms with E-state index < -0.39 is 0 Å². The number of nitrogens with one attached hydrogen (secondary N) is 2. The predicted molar refractivity (Wildman–Crippen MR) is 78.9 cm³/mol. The second-order valence-electron chi connectivity index (χ2n) is 4.45. The van der Waals surface area contributed by atoms with Crippen molar-refractivity contribution in [1.29, 1.82) is 0 Å². The van der Waals surface area contributed by atoms with Crippen LogP contribution >= 0.6 is 0 Å². The first-order chi connectivity index (χ1) is 9.77. The van der Waals surface area contributed by atoms with Gasteiger partial charge in [-0.25, -0.2) is 0 Å². The molecule has 1 heterocycles. The monoisotopic (exact) mass is 280 g/mol. The molecule has 1 amide bonds. The van der Waals surface area contributed by atoms with Gasteiger partial charge >= 0.3 is 0 Å². The third kappa shape index (κ3) is 6.47. The Bertz CT molecular complexity index is 381. The Labute approximate surface area is 120 Å². The summed E-state index contributed by atoms with van der Waals surface area (Å²) in [5.41, 5.74) is 0.320. The molecule has 6 nitrogen and oxygen atoms in total. The summed E-state index contributed by atoms with van der Waals surface area (Å²) in [6, 6.07) is 3.42. The van der Waals surface area contributed by atoms with Crippen LogP contribution in [0.25, 0.3) is 0 Å². The van der Waals surface area contributed by atoms with E-state index in [1.54, 1.807) is 12.1 Å². The van der Waals surface area contributed by atoms with Crippen molar-refractivity contribution in [3.05, 3.63) is 17.8 Å². The van der Waals surface area contributed by atoms with Crippen LogP contribution in [0, 0.1) is 0 Å². The van der Waals surface area contributed by atoms with Gasteiger partial charge < -0.3 is 15.4 Å². The summed E-state index contributed by atoms with van der Waals surface area (Å²) in [7, 11) is 0. The van der Waals surface area contributed by atoms with E-state index in [2.05, 4.69) is 34.7 Å². The third-order valence-electron chi connectivity index (χ3n) is 2.63. The molecule has 0 atom stereocenters. The maximum atomic E-state index is 11.8. The minimum absolute atomic E-state index is 0.223. The molecule has 0 spiro atoms. The maximum Gasteiger partial charge on any atom is 0.271 e. The highest BCUT2D eigenvalue weighted by molar-refractivity contribution is 5.92. The van der Waals surface area contributed by atoms with E-state index in [1.165, 1.54) is 0 Å². The highest BCUT2D eigenvalue weighted by atomic mass is 16.5. The average Bonchev–Trinajstić information content (AvgIpc) is 2.49. The van der Waals surface area contributed by atoms with Crippen molar-refractivity contribution in [2.24, 2.45) is 0 Å². The van der Waals surface area contributed by atoms with Crippen molar-refractivity contribution in [3.63, 3.8) is 0 Å². The lowest BCUT2D eigenvalue weighted by molar-refractivity contribution is 0.0907. The Morgan fingerprint density at radius 2 is 2.00 bits per heavy atom. The minimum Gasteiger partial charge on any atom is -0.380 e. The summed E-state index contributed by atoms with van der Waals surface area (Å²) < 4.78 is 5.36. The van der Waals surface area contributed by atoms with Gasteiger partial charge in [0.1, 0.15) is 5.82 Å². The molecule has 0 saturated carbocycles. The molecule has 112 valence electrons. The smallest absolute Gasteiger partial charge is 0.271 e. The average molecular weight is 280 g/mol. The van der Waals surface area contributed by atoms with Gasteiger partial charge in [0.2, 0.25) is 0 Å². The molecule has 0 aliphatic heterocycles. The second kappa shape index (κ2) is 10.1. The van der Waals surface area contributed by atoms with Crippen molar-refractivity contribution >= 4 is 11.7 Å². The number of hydrogen-bond donors (Lipinski definition) is 2. The van der Waals surface area contributed by atoms with E-state index in [1.807, 2.05) is 0 Å². The van der Waals surface area contributed by atoms with Gasteiger partial charge in [0.05, 0.1) is 6.61 Å².